The number of hydrogen-bond acceptors (Lipinski definition) is 6. The molecule has 0 aliphatic heterocycles. The summed E-state index contributed by atoms with van der Waals surface area (Å²) in [5, 5.41) is 9.12. The van der Waals surface area contributed by atoms with E-state index >= 15 is 0 Å². The summed E-state index contributed by atoms with van der Waals surface area (Å²) in [5.41, 5.74) is 4.79. The highest BCUT2D eigenvalue weighted by molar-refractivity contribution is 8.00. The fraction of sp³-hybridized carbons (Fsp3) is 0.231. The van der Waals surface area contributed by atoms with Crippen LogP contribution in [0.25, 0.3) is 11.4 Å². The predicted octanol–water partition coefficient (Wildman–Crippen LogP) is 5.32. The Hall–Kier alpha value is -3.29. The van der Waals surface area contributed by atoms with Crippen LogP contribution < -0.4 is 0 Å². The van der Waals surface area contributed by atoms with Crippen molar-refractivity contribution in [1.82, 2.24) is 19.7 Å². The number of ketones is 1. The molecule has 2 aromatic carbocycles. The molecule has 0 radical (unpaired) electrons. The van der Waals surface area contributed by atoms with Gasteiger partial charge < -0.3 is 4.74 Å². The normalized spacial score (nSPS) is 12.0. The first-order chi connectivity index (χ1) is 16.1. The van der Waals surface area contributed by atoms with Crippen LogP contribution in [0.4, 0.5) is 0 Å². The second kappa shape index (κ2) is 10.6. The fourth-order valence-corrected chi connectivity index (χ4v) is 4.60. The minimum atomic E-state index is -0.455. The van der Waals surface area contributed by atoms with Crippen LogP contribution >= 0.6 is 11.8 Å². The maximum atomic E-state index is 13.6. The average molecular weight is 459 g/mol. The summed E-state index contributed by atoms with van der Waals surface area (Å²) in [4.78, 5) is 17.7. The molecule has 168 valence electrons. The number of Topliss-reactive ketones (excluding diaryl/α,β-unsaturated/α-hetero) is 1. The lowest BCUT2D eigenvalue weighted by Crippen LogP contribution is -2.13. The zero-order valence-electron chi connectivity index (χ0n) is 18.9. The van der Waals surface area contributed by atoms with Gasteiger partial charge in [0.15, 0.2) is 16.8 Å². The Bertz CT molecular complexity index is 1210. The van der Waals surface area contributed by atoms with Gasteiger partial charge in [-0.1, -0.05) is 71.4 Å². The highest BCUT2D eigenvalue weighted by Gasteiger charge is 2.27. The van der Waals surface area contributed by atoms with Gasteiger partial charge >= 0.3 is 0 Å². The first kappa shape index (κ1) is 22.9. The maximum Gasteiger partial charge on any atom is 0.192 e. The molecule has 1 unspecified atom stereocenters. The standard InChI is InChI=1S/C26H26N4O2S/c1-18-4-8-20(9-5-18)23(31)24(21-10-6-19(2)7-11-21)33-26-29-28-25(30(26)16-17-32-3)22-12-14-27-15-13-22/h4-15,24H,16-17H2,1-3H3. The molecule has 7 heteroatoms. The number of rotatable bonds is 9. The Morgan fingerprint density at radius 3 is 2.21 bits per heavy atom. The van der Waals surface area contributed by atoms with E-state index in [0.29, 0.717) is 23.9 Å². The fourth-order valence-electron chi connectivity index (χ4n) is 3.46. The number of aryl methyl sites for hydroxylation is 2. The Labute approximate surface area is 198 Å². The zero-order chi connectivity index (χ0) is 23.2. The molecule has 0 fully saturated rings. The van der Waals surface area contributed by atoms with E-state index < -0.39 is 5.25 Å². The summed E-state index contributed by atoms with van der Waals surface area (Å²) >= 11 is 1.42. The second-order valence-corrected chi connectivity index (χ2v) is 8.90. The Kier molecular flexibility index (Phi) is 7.32. The summed E-state index contributed by atoms with van der Waals surface area (Å²) < 4.78 is 7.33. The van der Waals surface area contributed by atoms with E-state index in [1.54, 1.807) is 19.5 Å². The number of benzene rings is 2. The van der Waals surface area contributed by atoms with Crippen LogP contribution in [-0.2, 0) is 11.3 Å². The third kappa shape index (κ3) is 5.38. The van der Waals surface area contributed by atoms with Crippen molar-refractivity contribution in [3.05, 3.63) is 95.3 Å². The van der Waals surface area contributed by atoms with Gasteiger partial charge in [0.25, 0.3) is 0 Å². The number of hydrogen-bond donors (Lipinski definition) is 0. The van der Waals surface area contributed by atoms with E-state index in [-0.39, 0.29) is 5.78 Å². The molecule has 2 heterocycles. The molecule has 0 spiro atoms. The quantitative estimate of drug-likeness (QED) is 0.250. The molecular weight excluding hydrogens is 432 g/mol. The number of pyridine rings is 1. The lowest BCUT2D eigenvalue weighted by molar-refractivity contribution is 0.0989. The molecule has 0 saturated carbocycles. The van der Waals surface area contributed by atoms with Gasteiger partial charge in [0.1, 0.15) is 5.25 Å². The molecule has 6 nitrogen and oxygen atoms in total. The molecule has 0 aliphatic rings. The van der Waals surface area contributed by atoms with Crippen LogP contribution in [0.3, 0.4) is 0 Å². The highest BCUT2D eigenvalue weighted by atomic mass is 32.2. The van der Waals surface area contributed by atoms with Gasteiger partial charge in [0.2, 0.25) is 0 Å². The number of carbonyl (C=O) groups excluding carboxylic acids is 1. The van der Waals surface area contributed by atoms with E-state index in [1.165, 1.54) is 11.8 Å². The molecule has 0 bridgehead atoms. The van der Waals surface area contributed by atoms with E-state index in [1.807, 2.05) is 79.1 Å². The lowest BCUT2D eigenvalue weighted by atomic mass is 10.0. The first-order valence-corrected chi connectivity index (χ1v) is 11.6. The number of methoxy groups -OCH3 is 1. The SMILES string of the molecule is COCCn1c(SC(C(=O)c2ccc(C)cc2)c2ccc(C)cc2)nnc1-c1ccncc1. The van der Waals surface area contributed by atoms with Crippen molar-refractivity contribution in [3.8, 4) is 11.4 Å². The Balaban J connectivity index is 1.74. The van der Waals surface area contributed by atoms with E-state index in [4.69, 9.17) is 4.74 Å². The summed E-state index contributed by atoms with van der Waals surface area (Å²) in [6.45, 7) is 5.13. The van der Waals surface area contributed by atoms with Gasteiger partial charge in [0.05, 0.1) is 13.2 Å². The van der Waals surface area contributed by atoms with Gasteiger partial charge in [-0.15, -0.1) is 10.2 Å². The molecule has 0 amide bonds. The van der Waals surface area contributed by atoms with Gasteiger partial charge in [-0.2, -0.15) is 0 Å². The minimum Gasteiger partial charge on any atom is -0.383 e. The third-order valence-corrected chi connectivity index (χ3v) is 6.59. The lowest BCUT2D eigenvalue weighted by Gasteiger charge is -2.17. The van der Waals surface area contributed by atoms with Crippen molar-refractivity contribution < 1.29 is 9.53 Å². The molecule has 0 N–H and O–H groups in total. The Morgan fingerprint density at radius 1 is 0.939 bits per heavy atom. The smallest absolute Gasteiger partial charge is 0.192 e. The molecular formula is C26H26N4O2S. The van der Waals surface area contributed by atoms with Gasteiger partial charge in [0, 0.05) is 30.6 Å². The largest absolute Gasteiger partial charge is 0.383 e. The average Bonchev–Trinajstić information content (AvgIpc) is 3.25. The zero-order valence-corrected chi connectivity index (χ0v) is 19.7. The van der Waals surface area contributed by atoms with Crippen molar-refractivity contribution in [2.24, 2.45) is 0 Å². The number of carbonyl (C=O) groups is 1. The number of thioether (sulfide) groups is 1. The van der Waals surface area contributed by atoms with Crippen molar-refractivity contribution in [2.75, 3.05) is 13.7 Å². The molecule has 2 aromatic heterocycles. The summed E-state index contributed by atoms with van der Waals surface area (Å²) in [7, 11) is 1.67. The van der Waals surface area contributed by atoms with Gasteiger partial charge in [-0.25, -0.2) is 0 Å². The summed E-state index contributed by atoms with van der Waals surface area (Å²) in [5.74, 6) is 0.762. The van der Waals surface area contributed by atoms with E-state index in [2.05, 4.69) is 15.2 Å². The minimum absolute atomic E-state index is 0.0376. The van der Waals surface area contributed by atoms with Crippen LogP contribution in [0, 0.1) is 13.8 Å². The molecule has 0 saturated heterocycles. The number of ether oxygens (including phenoxy) is 1. The third-order valence-electron chi connectivity index (χ3n) is 5.35. The Morgan fingerprint density at radius 2 is 1.58 bits per heavy atom. The van der Waals surface area contributed by atoms with E-state index in [0.717, 1.165) is 28.1 Å². The van der Waals surface area contributed by atoms with E-state index in [9.17, 15) is 4.79 Å². The maximum absolute atomic E-state index is 13.6. The monoisotopic (exact) mass is 458 g/mol. The van der Waals surface area contributed by atoms with Crippen LogP contribution in [-0.4, -0.2) is 39.2 Å². The molecule has 0 aliphatic carbocycles. The van der Waals surface area contributed by atoms with Crippen LogP contribution in [0.15, 0.2) is 78.2 Å². The summed E-state index contributed by atoms with van der Waals surface area (Å²) in [6, 6.07) is 19.6. The molecule has 4 aromatic rings. The molecule has 4 rings (SSSR count). The van der Waals surface area contributed by atoms with Gasteiger partial charge in [-0.3, -0.25) is 14.3 Å². The number of aromatic nitrogens is 4. The molecule has 1 atom stereocenters. The molecule has 33 heavy (non-hydrogen) atoms. The highest BCUT2D eigenvalue weighted by Crippen LogP contribution is 2.38. The van der Waals surface area contributed by atoms with Gasteiger partial charge in [-0.05, 0) is 31.5 Å². The van der Waals surface area contributed by atoms with Crippen molar-refractivity contribution in [1.29, 1.82) is 0 Å². The number of nitrogens with zero attached hydrogens (tertiary/aromatic N) is 4. The van der Waals surface area contributed by atoms with Crippen LogP contribution in [0.2, 0.25) is 0 Å². The van der Waals surface area contributed by atoms with Crippen LogP contribution in [0.1, 0.15) is 32.3 Å². The predicted molar refractivity (Wildman–Crippen MR) is 130 cm³/mol. The first-order valence-electron chi connectivity index (χ1n) is 10.7. The topological polar surface area (TPSA) is 69.9 Å². The van der Waals surface area contributed by atoms with Crippen molar-refractivity contribution in [3.63, 3.8) is 0 Å². The van der Waals surface area contributed by atoms with Crippen molar-refractivity contribution >= 4 is 17.5 Å². The summed E-state index contributed by atoms with van der Waals surface area (Å²) in [6.07, 6.45) is 3.46. The van der Waals surface area contributed by atoms with Crippen LogP contribution in [0.5, 0.6) is 0 Å². The second-order valence-electron chi connectivity index (χ2n) is 7.83. The van der Waals surface area contributed by atoms with Crippen molar-refractivity contribution in [2.45, 2.75) is 30.8 Å².